The lowest BCUT2D eigenvalue weighted by molar-refractivity contribution is -0.0135. The number of unbranched alkanes of at least 4 members (excludes halogenated alkanes) is 1. The van der Waals surface area contributed by atoms with E-state index >= 15 is 0 Å². The molecule has 1 saturated heterocycles. The molecule has 78 valence electrons. The number of nitrogens with two attached hydrogens (primary N) is 1. The molecule has 13 heavy (non-hydrogen) atoms. The van der Waals surface area contributed by atoms with Crippen molar-refractivity contribution in [3.63, 3.8) is 0 Å². The Morgan fingerprint density at radius 3 is 2.46 bits per heavy atom. The summed E-state index contributed by atoms with van der Waals surface area (Å²) in [7, 11) is 0. The molecule has 3 heteroatoms. The predicted molar refractivity (Wildman–Crippen MR) is 54.6 cm³/mol. The molecular weight excluding hydrogens is 164 g/mol. The van der Waals surface area contributed by atoms with Crippen molar-refractivity contribution in [2.45, 2.75) is 38.2 Å². The fourth-order valence-corrected chi connectivity index (χ4v) is 1.78. The molecule has 1 heterocycles. The molecule has 0 saturated carbocycles. The van der Waals surface area contributed by atoms with Crippen LogP contribution in [0.4, 0.5) is 0 Å². The molecule has 0 spiro atoms. The van der Waals surface area contributed by atoms with Crippen LogP contribution in [0.25, 0.3) is 0 Å². The highest BCUT2D eigenvalue weighted by Gasteiger charge is 2.30. The van der Waals surface area contributed by atoms with Crippen LogP contribution in [0.3, 0.4) is 0 Å². The van der Waals surface area contributed by atoms with Crippen LogP contribution < -0.4 is 5.73 Å². The van der Waals surface area contributed by atoms with Gasteiger partial charge in [0.1, 0.15) is 0 Å². The minimum atomic E-state index is -0.567. The van der Waals surface area contributed by atoms with Crippen LogP contribution in [-0.2, 0) is 0 Å². The largest absolute Gasteiger partial charge is 0.388 e. The second-order valence-electron chi connectivity index (χ2n) is 4.12. The lowest BCUT2D eigenvalue weighted by atomic mass is 9.91. The highest BCUT2D eigenvalue weighted by atomic mass is 16.3. The smallest absolute Gasteiger partial charge is 0.0793 e. The van der Waals surface area contributed by atoms with E-state index in [9.17, 15) is 5.11 Å². The van der Waals surface area contributed by atoms with Gasteiger partial charge in [0.25, 0.3) is 0 Å². The maximum atomic E-state index is 9.87. The normalized spacial score (nSPS) is 23.3. The Labute approximate surface area is 80.9 Å². The maximum Gasteiger partial charge on any atom is 0.0793 e. The highest BCUT2D eigenvalue weighted by molar-refractivity contribution is 4.86. The minimum Gasteiger partial charge on any atom is -0.388 e. The van der Waals surface area contributed by atoms with Gasteiger partial charge in [-0.1, -0.05) is 13.3 Å². The number of piperidine rings is 1. The molecule has 1 aliphatic rings. The standard InChI is InChI=1S/C10H22N2O/c1-2-3-6-12-7-4-10(13,9-11)5-8-12/h13H,2-9,11H2,1H3. The molecule has 0 bridgehead atoms. The highest BCUT2D eigenvalue weighted by Crippen LogP contribution is 2.20. The van der Waals surface area contributed by atoms with Gasteiger partial charge in [0.15, 0.2) is 0 Å². The Bertz CT molecular complexity index is 142. The van der Waals surface area contributed by atoms with Crippen LogP contribution in [0.15, 0.2) is 0 Å². The van der Waals surface area contributed by atoms with Crippen molar-refractivity contribution in [2.75, 3.05) is 26.2 Å². The number of hydrogen-bond acceptors (Lipinski definition) is 3. The molecule has 1 aliphatic heterocycles. The molecule has 0 aromatic heterocycles. The number of hydrogen-bond donors (Lipinski definition) is 2. The fraction of sp³-hybridized carbons (Fsp3) is 1.00. The van der Waals surface area contributed by atoms with Crippen LogP contribution >= 0.6 is 0 Å². The summed E-state index contributed by atoms with van der Waals surface area (Å²) < 4.78 is 0. The Balaban J connectivity index is 2.22. The number of likely N-dealkylation sites (tertiary alicyclic amines) is 1. The zero-order chi connectivity index (χ0) is 9.73. The Morgan fingerprint density at radius 1 is 1.38 bits per heavy atom. The summed E-state index contributed by atoms with van der Waals surface area (Å²) in [6.07, 6.45) is 4.19. The summed E-state index contributed by atoms with van der Waals surface area (Å²) in [5.74, 6) is 0. The van der Waals surface area contributed by atoms with Crippen molar-refractivity contribution >= 4 is 0 Å². The summed E-state index contributed by atoms with van der Waals surface area (Å²) in [4.78, 5) is 2.42. The minimum absolute atomic E-state index is 0.411. The first-order valence-corrected chi connectivity index (χ1v) is 5.35. The third-order valence-electron chi connectivity index (χ3n) is 2.99. The van der Waals surface area contributed by atoms with E-state index in [1.54, 1.807) is 0 Å². The fourth-order valence-electron chi connectivity index (χ4n) is 1.78. The average Bonchev–Trinajstić information content (AvgIpc) is 2.17. The summed E-state index contributed by atoms with van der Waals surface area (Å²) in [5, 5.41) is 9.87. The molecule has 0 radical (unpaired) electrons. The predicted octanol–water partition coefficient (Wildman–Crippen LogP) is 0.572. The quantitative estimate of drug-likeness (QED) is 0.675. The Kier molecular flexibility index (Phi) is 4.16. The van der Waals surface area contributed by atoms with Gasteiger partial charge in [-0.2, -0.15) is 0 Å². The van der Waals surface area contributed by atoms with Gasteiger partial charge in [0.2, 0.25) is 0 Å². The summed E-state index contributed by atoms with van der Waals surface area (Å²) in [5.41, 5.74) is 4.95. The number of nitrogens with zero attached hydrogens (tertiary/aromatic N) is 1. The maximum absolute atomic E-state index is 9.87. The second kappa shape index (κ2) is 4.94. The van der Waals surface area contributed by atoms with Gasteiger partial charge < -0.3 is 15.7 Å². The van der Waals surface area contributed by atoms with Crippen LogP contribution in [0.2, 0.25) is 0 Å². The molecule has 0 aromatic carbocycles. The van der Waals surface area contributed by atoms with Crippen LogP contribution in [0.5, 0.6) is 0 Å². The van der Waals surface area contributed by atoms with Gasteiger partial charge in [-0.25, -0.2) is 0 Å². The molecule has 0 atom stereocenters. The Morgan fingerprint density at radius 2 is 2.00 bits per heavy atom. The Hall–Kier alpha value is -0.120. The first kappa shape index (κ1) is 11.0. The van der Waals surface area contributed by atoms with Crippen LogP contribution in [0, 0.1) is 0 Å². The van der Waals surface area contributed by atoms with E-state index in [0.717, 1.165) is 25.9 Å². The molecule has 0 amide bonds. The SMILES string of the molecule is CCCCN1CCC(O)(CN)CC1. The first-order valence-electron chi connectivity index (χ1n) is 5.35. The average molecular weight is 186 g/mol. The third kappa shape index (κ3) is 3.25. The van der Waals surface area contributed by atoms with Crippen molar-refractivity contribution in [1.29, 1.82) is 0 Å². The summed E-state index contributed by atoms with van der Waals surface area (Å²) >= 11 is 0. The van der Waals surface area contributed by atoms with Gasteiger partial charge >= 0.3 is 0 Å². The van der Waals surface area contributed by atoms with Gasteiger partial charge in [-0.15, -0.1) is 0 Å². The van der Waals surface area contributed by atoms with E-state index in [-0.39, 0.29) is 0 Å². The van der Waals surface area contributed by atoms with Gasteiger partial charge in [-0.05, 0) is 25.8 Å². The topological polar surface area (TPSA) is 49.5 Å². The van der Waals surface area contributed by atoms with Crippen molar-refractivity contribution in [3.05, 3.63) is 0 Å². The van der Waals surface area contributed by atoms with Gasteiger partial charge in [-0.3, -0.25) is 0 Å². The zero-order valence-electron chi connectivity index (χ0n) is 8.63. The van der Waals surface area contributed by atoms with Crippen LogP contribution in [0.1, 0.15) is 32.6 Å². The van der Waals surface area contributed by atoms with Crippen molar-refractivity contribution < 1.29 is 5.11 Å². The lowest BCUT2D eigenvalue weighted by Crippen LogP contribution is -2.48. The van der Waals surface area contributed by atoms with E-state index in [0.29, 0.717) is 6.54 Å². The molecule has 1 rings (SSSR count). The number of aliphatic hydroxyl groups is 1. The summed E-state index contributed by atoms with van der Waals surface area (Å²) in [6.45, 7) is 5.81. The van der Waals surface area contributed by atoms with Crippen molar-refractivity contribution in [3.8, 4) is 0 Å². The molecule has 0 aliphatic carbocycles. The van der Waals surface area contributed by atoms with Crippen molar-refractivity contribution in [1.82, 2.24) is 4.90 Å². The molecule has 3 N–H and O–H groups in total. The molecule has 1 fully saturated rings. The second-order valence-corrected chi connectivity index (χ2v) is 4.12. The van der Waals surface area contributed by atoms with E-state index in [1.807, 2.05) is 0 Å². The molecule has 0 aromatic rings. The van der Waals surface area contributed by atoms with Crippen LogP contribution in [-0.4, -0.2) is 41.8 Å². The zero-order valence-corrected chi connectivity index (χ0v) is 8.63. The molecule has 0 unspecified atom stereocenters. The monoisotopic (exact) mass is 186 g/mol. The molecule has 3 nitrogen and oxygen atoms in total. The van der Waals surface area contributed by atoms with E-state index in [2.05, 4.69) is 11.8 Å². The molecular formula is C10H22N2O. The van der Waals surface area contributed by atoms with Gasteiger partial charge in [0, 0.05) is 19.6 Å². The lowest BCUT2D eigenvalue weighted by Gasteiger charge is -2.37. The number of rotatable bonds is 4. The summed E-state index contributed by atoms with van der Waals surface area (Å²) in [6, 6.07) is 0. The first-order chi connectivity index (χ1) is 6.20. The van der Waals surface area contributed by atoms with E-state index < -0.39 is 5.60 Å². The third-order valence-corrected chi connectivity index (χ3v) is 2.99. The van der Waals surface area contributed by atoms with Gasteiger partial charge in [0.05, 0.1) is 5.60 Å². The van der Waals surface area contributed by atoms with Crippen molar-refractivity contribution in [2.24, 2.45) is 5.73 Å². The van der Waals surface area contributed by atoms with E-state index in [1.165, 1.54) is 19.4 Å². The van der Waals surface area contributed by atoms with E-state index in [4.69, 9.17) is 5.73 Å².